The fraction of sp³-hybridized carbons (Fsp3) is 0.400. The minimum absolute atomic E-state index is 0.415. The van der Waals surface area contributed by atoms with E-state index in [0.29, 0.717) is 19.0 Å². The number of hydrogen-bond acceptors (Lipinski definition) is 5. The number of aromatic nitrogens is 1. The maximum atomic E-state index is 12.1. The number of esters is 1. The Labute approximate surface area is 126 Å². The van der Waals surface area contributed by atoms with Crippen molar-refractivity contribution in [2.24, 2.45) is 5.92 Å². The number of thiazole rings is 1. The Morgan fingerprint density at radius 1 is 1.43 bits per heavy atom. The number of carbonyl (C=O) groups excluding carboxylic acids is 2. The van der Waals surface area contributed by atoms with Crippen LogP contribution in [0.1, 0.15) is 18.4 Å². The number of fused-ring (bicyclic) bond motifs is 1. The summed E-state index contributed by atoms with van der Waals surface area (Å²) in [4.78, 5) is 29.4. The first kappa shape index (κ1) is 14.0. The molecule has 0 spiro atoms. The highest BCUT2D eigenvalue weighted by atomic mass is 32.1. The first-order valence-corrected chi connectivity index (χ1v) is 7.74. The Bertz CT molecular complexity index is 678. The Morgan fingerprint density at radius 3 is 2.95 bits per heavy atom. The highest BCUT2D eigenvalue weighted by Gasteiger charge is 2.30. The summed E-state index contributed by atoms with van der Waals surface area (Å²) in [5.41, 5.74) is 3.71. The molecule has 0 atom stereocenters. The van der Waals surface area contributed by atoms with Gasteiger partial charge in [-0.1, -0.05) is 6.07 Å². The normalized spacial score (nSPS) is 14.1. The third kappa shape index (κ3) is 3.21. The van der Waals surface area contributed by atoms with E-state index in [1.807, 2.05) is 18.2 Å². The molecule has 21 heavy (non-hydrogen) atoms. The molecule has 0 aliphatic heterocycles. The third-order valence-corrected chi connectivity index (χ3v) is 4.40. The standard InChI is InChI=1S/C15H16N2O3S/c1-20-15(19)14(18)17(7-10-2-3-10)8-11-4-5-13-12(6-11)16-9-21-13/h4-6,9-10H,2-3,7-8H2,1H3. The molecule has 0 radical (unpaired) electrons. The van der Waals surface area contributed by atoms with Gasteiger partial charge in [0.1, 0.15) is 0 Å². The van der Waals surface area contributed by atoms with E-state index < -0.39 is 11.9 Å². The minimum atomic E-state index is -0.801. The van der Waals surface area contributed by atoms with E-state index in [9.17, 15) is 9.59 Å². The molecule has 1 fully saturated rings. The fourth-order valence-electron chi connectivity index (χ4n) is 2.27. The van der Waals surface area contributed by atoms with E-state index in [2.05, 4.69) is 9.72 Å². The average molecular weight is 304 g/mol. The molecule has 6 heteroatoms. The van der Waals surface area contributed by atoms with Crippen molar-refractivity contribution in [1.29, 1.82) is 0 Å². The molecule has 5 nitrogen and oxygen atoms in total. The van der Waals surface area contributed by atoms with Gasteiger partial charge in [-0.25, -0.2) is 9.78 Å². The fourth-order valence-corrected chi connectivity index (χ4v) is 2.93. The lowest BCUT2D eigenvalue weighted by molar-refractivity contribution is -0.158. The predicted octanol–water partition coefficient (Wildman–Crippen LogP) is 2.21. The molecule has 2 aromatic rings. The van der Waals surface area contributed by atoms with Crippen LogP contribution < -0.4 is 0 Å². The molecule has 0 unspecified atom stereocenters. The van der Waals surface area contributed by atoms with Crippen LogP contribution in [0.3, 0.4) is 0 Å². The van der Waals surface area contributed by atoms with Crippen LogP contribution in [-0.4, -0.2) is 35.4 Å². The van der Waals surface area contributed by atoms with Gasteiger partial charge >= 0.3 is 11.9 Å². The lowest BCUT2D eigenvalue weighted by Crippen LogP contribution is -2.38. The van der Waals surface area contributed by atoms with E-state index in [1.165, 1.54) is 7.11 Å². The van der Waals surface area contributed by atoms with Crippen LogP contribution in [0.25, 0.3) is 10.2 Å². The van der Waals surface area contributed by atoms with Crippen molar-refractivity contribution >= 4 is 33.4 Å². The maximum absolute atomic E-state index is 12.1. The highest BCUT2D eigenvalue weighted by molar-refractivity contribution is 7.16. The molecule has 0 saturated heterocycles. The molecule has 1 aromatic heterocycles. The van der Waals surface area contributed by atoms with Gasteiger partial charge in [0, 0.05) is 13.1 Å². The second-order valence-electron chi connectivity index (χ2n) is 5.28. The quantitative estimate of drug-likeness (QED) is 0.642. The van der Waals surface area contributed by atoms with E-state index in [1.54, 1.807) is 21.7 Å². The average Bonchev–Trinajstić information content (AvgIpc) is 3.19. The Morgan fingerprint density at radius 2 is 2.24 bits per heavy atom. The van der Waals surface area contributed by atoms with Gasteiger partial charge in [0.2, 0.25) is 0 Å². The number of nitrogens with zero attached hydrogens (tertiary/aromatic N) is 2. The van der Waals surface area contributed by atoms with Crippen LogP contribution in [0.4, 0.5) is 0 Å². The van der Waals surface area contributed by atoms with E-state index in [-0.39, 0.29) is 0 Å². The largest absolute Gasteiger partial charge is 0.462 e. The number of methoxy groups -OCH3 is 1. The summed E-state index contributed by atoms with van der Waals surface area (Å²) < 4.78 is 5.67. The number of benzene rings is 1. The first-order chi connectivity index (χ1) is 10.2. The van der Waals surface area contributed by atoms with Crippen molar-refractivity contribution in [3.05, 3.63) is 29.3 Å². The predicted molar refractivity (Wildman–Crippen MR) is 79.8 cm³/mol. The third-order valence-electron chi connectivity index (χ3n) is 3.59. The van der Waals surface area contributed by atoms with Gasteiger partial charge in [-0.3, -0.25) is 4.79 Å². The smallest absolute Gasteiger partial charge is 0.396 e. The van der Waals surface area contributed by atoms with Crippen LogP contribution >= 0.6 is 11.3 Å². The lowest BCUT2D eigenvalue weighted by atomic mass is 10.2. The Hall–Kier alpha value is -1.95. The van der Waals surface area contributed by atoms with Crippen molar-refractivity contribution in [3.63, 3.8) is 0 Å². The molecule has 1 heterocycles. The summed E-state index contributed by atoms with van der Waals surface area (Å²) in [6.45, 7) is 1.03. The number of hydrogen-bond donors (Lipinski definition) is 0. The summed E-state index contributed by atoms with van der Waals surface area (Å²) in [6, 6.07) is 5.95. The van der Waals surface area contributed by atoms with E-state index >= 15 is 0 Å². The topological polar surface area (TPSA) is 59.5 Å². The van der Waals surface area contributed by atoms with Crippen LogP contribution in [0, 0.1) is 5.92 Å². The van der Waals surface area contributed by atoms with Crippen LogP contribution in [0.5, 0.6) is 0 Å². The zero-order valence-electron chi connectivity index (χ0n) is 11.7. The molecule has 0 bridgehead atoms. The number of ether oxygens (including phenoxy) is 1. The summed E-state index contributed by atoms with van der Waals surface area (Å²) in [5.74, 6) is -0.852. The molecule has 1 aliphatic rings. The zero-order valence-corrected chi connectivity index (χ0v) is 12.6. The monoisotopic (exact) mass is 304 g/mol. The highest BCUT2D eigenvalue weighted by Crippen LogP contribution is 2.30. The van der Waals surface area contributed by atoms with E-state index in [0.717, 1.165) is 28.6 Å². The van der Waals surface area contributed by atoms with Crippen molar-refractivity contribution in [3.8, 4) is 0 Å². The van der Waals surface area contributed by atoms with E-state index in [4.69, 9.17) is 0 Å². The zero-order chi connectivity index (χ0) is 14.8. The van der Waals surface area contributed by atoms with Crippen LogP contribution in [0.2, 0.25) is 0 Å². The maximum Gasteiger partial charge on any atom is 0.396 e. The van der Waals surface area contributed by atoms with Gasteiger partial charge in [0.15, 0.2) is 0 Å². The molecule has 1 saturated carbocycles. The molecule has 1 aromatic carbocycles. The first-order valence-electron chi connectivity index (χ1n) is 6.86. The Balaban J connectivity index is 1.78. The van der Waals surface area contributed by atoms with Crippen molar-refractivity contribution in [2.75, 3.05) is 13.7 Å². The van der Waals surface area contributed by atoms with Crippen LogP contribution in [-0.2, 0) is 20.9 Å². The molecular formula is C15H16N2O3S. The number of carbonyl (C=O) groups is 2. The van der Waals surface area contributed by atoms with Crippen molar-refractivity contribution in [1.82, 2.24) is 9.88 Å². The summed E-state index contributed by atoms with van der Waals surface area (Å²) in [7, 11) is 1.23. The number of amides is 1. The molecule has 3 rings (SSSR count). The lowest BCUT2D eigenvalue weighted by Gasteiger charge is -2.21. The molecule has 0 N–H and O–H groups in total. The number of rotatable bonds is 4. The SMILES string of the molecule is COC(=O)C(=O)N(Cc1ccc2scnc2c1)CC1CC1. The van der Waals surface area contributed by atoms with Gasteiger partial charge in [0.25, 0.3) is 0 Å². The second-order valence-corrected chi connectivity index (χ2v) is 6.16. The summed E-state index contributed by atoms with van der Waals surface area (Å²) >= 11 is 1.58. The molecule has 1 amide bonds. The van der Waals surface area contributed by atoms with Gasteiger partial charge in [0.05, 0.1) is 22.8 Å². The molecule has 110 valence electrons. The van der Waals surface area contributed by atoms with Gasteiger partial charge < -0.3 is 9.64 Å². The van der Waals surface area contributed by atoms with Crippen molar-refractivity contribution in [2.45, 2.75) is 19.4 Å². The van der Waals surface area contributed by atoms with Gasteiger partial charge in [-0.15, -0.1) is 11.3 Å². The van der Waals surface area contributed by atoms with Crippen molar-refractivity contribution < 1.29 is 14.3 Å². The Kier molecular flexibility index (Phi) is 3.88. The van der Waals surface area contributed by atoms with Gasteiger partial charge in [-0.05, 0) is 36.5 Å². The minimum Gasteiger partial charge on any atom is -0.462 e. The second kappa shape index (κ2) is 5.81. The summed E-state index contributed by atoms with van der Waals surface area (Å²) in [5, 5.41) is 0. The van der Waals surface area contributed by atoms with Gasteiger partial charge in [-0.2, -0.15) is 0 Å². The molecule has 1 aliphatic carbocycles. The molecular weight excluding hydrogens is 288 g/mol. The summed E-state index contributed by atoms with van der Waals surface area (Å²) in [6.07, 6.45) is 2.24. The van der Waals surface area contributed by atoms with Crippen LogP contribution in [0.15, 0.2) is 23.7 Å².